The Labute approximate surface area is 112 Å². The maximum Gasteiger partial charge on any atom is 0.270 e. The van der Waals surface area contributed by atoms with Crippen LogP contribution in [-0.4, -0.2) is 36.9 Å². The molecule has 1 saturated heterocycles. The van der Waals surface area contributed by atoms with Gasteiger partial charge in [0.2, 0.25) is 0 Å². The Balaban J connectivity index is 1.94. The third-order valence-corrected chi connectivity index (χ3v) is 4.90. The molecule has 0 spiro atoms. The maximum atomic E-state index is 11.9. The summed E-state index contributed by atoms with van der Waals surface area (Å²) in [6, 6.07) is 3.29. The van der Waals surface area contributed by atoms with E-state index in [1.807, 2.05) is 0 Å². The van der Waals surface area contributed by atoms with Gasteiger partial charge in [0.1, 0.15) is 15.5 Å². The summed E-state index contributed by atoms with van der Waals surface area (Å²) in [4.78, 5) is 16.0. The fraction of sp³-hybridized carbons (Fsp3) is 0.500. The summed E-state index contributed by atoms with van der Waals surface area (Å²) >= 11 is 0. The summed E-state index contributed by atoms with van der Waals surface area (Å²) in [5, 5.41) is 2.81. The van der Waals surface area contributed by atoms with Crippen molar-refractivity contribution < 1.29 is 13.2 Å². The van der Waals surface area contributed by atoms with E-state index in [0.29, 0.717) is 25.1 Å². The van der Waals surface area contributed by atoms with Crippen molar-refractivity contribution in [3.05, 3.63) is 29.6 Å². The number of hydrogen-bond donors (Lipinski definition) is 2. The van der Waals surface area contributed by atoms with Gasteiger partial charge in [-0.25, -0.2) is 8.42 Å². The number of nitrogens with zero attached hydrogens (tertiary/aromatic N) is 1. The molecule has 1 aliphatic heterocycles. The average molecular weight is 283 g/mol. The van der Waals surface area contributed by atoms with Gasteiger partial charge in [0.15, 0.2) is 0 Å². The number of aromatic nitrogens is 1. The first-order valence-corrected chi connectivity index (χ1v) is 7.98. The second kappa shape index (κ2) is 5.66. The summed E-state index contributed by atoms with van der Waals surface area (Å²) in [6.07, 6.45) is 2.50. The number of carbonyl (C=O) groups is 1. The van der Waals surface area contributed by atoms with Crippen molar-refractivity contribution in [2.45, 2.75) is 25.4 Å². The summed E-state index contributed by atoms with van der Waals surface area (Å²) < 4.78 is 22.6. The van der Waals surface area contributed by atoms with E-state index in [1.54, 1.807) is 18.3 Å². The van der Waals surface area contributed by atoms with Crippen molar-refractivity contribution in [2.24, 2.45) is 5.73 Å². The lowest BCUT2D eigenvalue weighted by Crippen LogP contribution is -2.41. The predicted molar refractivity (Wildman–Crippen MR) is 71.3 cm³/mol. The van der Waals surface area contributed by atoms with E-state index in [2.05, 4.69) is 10.3 Å². The number of carbonyl (C=O) groups excluding carboxylic acids is 1. The van der Waals surface area contributed by atoms with Gasteiger partial charge in [0.25, 0.3) is 5.91 Å². The highest BCUT2D eigenvalue weighted by atomic mass is 32.2. The molecule has 3 N–H and O–H groups in total. The smallest absolute Gasteiger partial charge is 0.270 e. The van der Waals surface area contributed by atoms with Crippen LogP contribution in [0.25, 0.3) is 0 Å². The molecular formula is C12H17N3O3S. The molecule has 104 valence electrons. The third-order valence-electron chi connectivity index (χ3n) is 3.18. The highest BCUT2D eigenvalue weighted by Crippen LogP contribution is 2.12. The zero-order chi connectivity index (χ0) is 13.9. The van der Waals surface area contributed by atoms with E-state index < -0.39 is 9.84 Å². The van der Waals surface area contributed by atoms with Gasteiger partial charge in [-0.15, -0.1) is 0 Å². The highest BCUT2D eigenvalue weighted by Gasteiger charge is 2.25. The second-order valence-electron chi connectivity index (χ2n) is 4.66. The Kier molecular flexibility index (Phi) is 4.16. The number of amides is 1. The molecule has 0 aliphatic carbocycles. The number of nitrogens with two attached hydrogens (primary N) is 1. The standard InChI is InChI=1S/C12H17N3O3S/c13-7-9-1-2-11(14-8-9)12(16)15-10-3-5-19(17,18)6-4-10/h1-2,8,10H,3-7,13H2,(H,15,16). The maximum absolute atomic E-state index is 11.9. The normalized spacial score (nSPS) is 19.0. The molecule has 1 aromatic heterocycles. The Bertz CT molecular complexity index is 540. The van der Waals surface area contributed by atoms with Gasteiger partial charge < -0.3 is 11.1 Å². The minimum atomic E-state index is -2.91. The van der Waals surface area contributed by atoms with Crippen LogP contribution < -0.4 is 11.1 Å². The van der Waals surface area contributed by atoms with Crippen molar-refractivity contribution in [3.63, 3.8) is 0 Å². The Hall–Kier alpha value is -1.47. The zero-order valence-corrected chi connectivity index (χ0v) is 11.3. The SMILES string of the molecule is NCc1ccc(C(=O)NC2CCS(=O)(=O)CC2)nc1. The summed E-state index contributed by atoms with van der Waals surface area (Å²) in [5.74, 6) is 0.00230. The highest BCUT2D eigenvalue weighted by molar-refractivity contribution is 7.91. The molecule has 0 saturated carbocycles. The van der Waals surface area contributed by atoms with Crippen LogP contribution in [0.15, 0.2) is 18.3 Å². The molecule has 0 bridgehead atoms. The molecule has 1 aromatic rings. The number of sulfone groups is 1. The first kappa shape index (κ1) is 14.0. The van der Waals surface area contributed by atoms with Crippen LogP contribution in [-0.2, 0) is 16.4 Å². The molecule has 0 radical (unpaired) electrons. The average Bonchev–Trinajstić information content (AvgIpc) is 2.41. The lowest BCUT2D eigenvalue weighted by Gasteiger charge is -2.22. The van der Waals surface area contributed by atoms with Crippen LogP contribution >= 0.6 is 0 Å². The van der Waals surface area contributed by atoms with Crippen molar-refractivity contribution in [1.29, 1.82) is 0 Å². The fourth-order valence-corrected chi connectivity index (χ4v) is 3.46. The quantitative estimate of drug-likeness (QED) is 0.803. The lowest BCUT2D eigenvalue weighted by molar-refractivity contribution is 0.0929. The van der Waals surface area contributed by atoms with Crippen LogP contribution in [0.1, 0.15) is 28.9 Å². The van der Waals surface area contributed by atoms with Gasteiger partial charge in [0, 0.05) is 18.8 Å². The van der Waals surface area contributed by atoms with Crippen molar-refractivity contribution in [3.8, 4) is 0 Å². The van der Waals surface area contributed by atoms with Gasteiger partial charge in [-0.3, -0.25) is 9.78 Å². The molecule has 0 aromatic carbocycles. The minimum absolute atomic E-state index is 0.0907. The largest absolute Gasteiger partial charge is 0.348 e. The lowest BCUT2D eigenvalue weighted by atomic mass is 10.1. The van der Waals surface area contributed by atoms with E-state index >= 15 is 0 Å². The Morgan fingerprint density at radius 2 is 2.05 bits per heavy atom. The molecular weight excluding hydrogens is 266 g/mol. The molecule has 19 heavy (non-hydrogen) atoms. The van der Waals surface area contributed by atoms with E-state index in [9.17, 15) is 13.2 Å². The number of hydrogen-bond acceptors (Lipinski definition) is 5. The van der Waals surface area contributed by atoms with Crippen LogP contribution in [0.2, 0.25) is 0 Å². The van der Waals surface area contributed by atoms with Gasteiger partial charge in [-0.2, -0.15) is 0 Å². The molecule has 0 unspecified atom stereocenters. The van der Waals surface area contributed by atoms with E-state index in [1.165, 1.54) is 0 Å². The van der Waals surface area contributed by atoms with Crippen molar-refractivity contribution in [1.82, 2.24) is 10.3 Å². The van der Waals surface area contributed by atoms with Gasteiger partial charge in [-0.1, -0.05) is 6.07 Å². The van der Waals surface area contributed by atoms with E-state index in [4.69, 9.17) is 5.73 Å². The number of nitrogens with one attached hydrogen (secondary N) is 1. The molecule has 1 fully saturated rings. The van der Waals surface area contributed by atoms with Crippen LogP contribution in [0.3, 0.4) is 0 Å². The molecule has 6 nitrogen and oxygen atoms in total. The van der Waals surface area contributed by atoms with Gasteiger partial charge in [0.05, 0.1) is 11.5 Å². The fourth-order valence-electron chi connectivity index (χ4n) is 1.97. The third kappa shape index (κ3) is 3.74. The van der Waals surface area contributed by atoms with E-state index in [0.717, 1.165) is 5.56 Å². The minimum Gasteiger partial charge on any atom is -0.348 e. The van der Waals surface area contributed by atoms with E-state index in [-0.39, 0.29) is 23.5 Å². The monoisotopic (exact) mass is 283 g/mol. The molecule has 2 heterocycles. The Morgan fingerprint density at radius 3 is 2.58 bits per heavy atom. The molecule has 7 heteroatoms. The summed E-state index contributed by atoms with van der Waals surface area (Å²) in [7, 11) is -2.91. The number of pyridine rings is 1. The topological polar surface area (TPSA) is 102 Å². The second-order valence-corrected chi connectivity index (χ2v) is 6.96. The van der Waals surface area contributed by atoms with Crippen LogP contribution in [0.4, 0.5) is 0 Å². The molecule has 1 amide bonds. The first-order chi connectivity index (χ1) is 9.00. The summed E-state index contributed by atoms with van der Waals surface area (Å²) in [6.45, 7) is 0.384. The Morgan fingerprint density at radius 1 is 1.37 bits per heavy atom. The first-order valence-electron chi connectivity index (χ1n) is 6.16. The molecule has 0 atom stereocenters. The number of rotatable bonds is 3. The summed E-state index contributed by atoms with van der Waals surface area (Å²) in [5.41, 5.74) is 6.64. The predicted octanol–water partition coefficient (Wildman–Crippen LogP) is -0.153. The van der Waals surface area contributed by atoms with Crippen molar-refractivity contribution >= 4 is 15.7 Å². The van der Waals surface area contributed by atoms with Crippen molar-refractivity contribution in [2.75, 3.05) is 11.5 Å². The zero-order valence-electron chi connectivity index (χ0n) is 10.5. The molecule has 2 rings (SSSR count). The van der Waals surface area contributed by atoms with Crippen LogP contribution in [0.5, 0.6) is 0 Å². The molecule has 1 aliphatic rings. The van der Waals surface area contributed by atoms with Gasteiger partial charge >= 0.3 is 0 Å². The van der Waals surface area contributed by atoms with Gasteiger partial charge in [-0.05, 0) is 24.5 Å². The van der Waals surface area contributed by atoms with Crippen LogP contribution in [0, 0.1) is 0 Å².